The van der Waals surface area contributed by atoms with Crippen LogP contribution in [-0.2, 0) is 11.2 Å². The van der Waals surface area contributed by atoms with Gasteiger partial charge in [0.25, 0.3) is 0 Å². The Morgan fingerprint density at radius 3 is 3.05 bits per heavy atom. The van der Waals surface area contributed by atoms with Crippen LogP contribution in [0.5, 0.6) is 0 Å². The van der Waals surface area contributed by atoms with E-state index in [1.54, 1.807) is 0 Å². The average Bonchev–Trinajstić information content (AvgIpc) is 2.98. The topological polar surface area (TPSA) is 24.5 Å². The summed E-state index contributed by atoms with van der Waals surface area (Å²) in [6, 6.07) is 9.03. The molecule has 4 heteroatoms. The van der Waals surface area contributed by atoms with Crippen molar-refractivity contribution in [3.8, 4) is 0 Å². The second-order valence-corrected chi connectivity index (χ2v) is 6.09. The van der Waals surface area contributed by atoms with Crippen LogP contribution >= 0.6 is 12.2 Å². The number of ether oxygens (including phenoxy) is 1. The molecule has 1 fully saturated rings. The number of thiocarbonyl (C=S) groups is 1. The number of hydrogen-bond donors (Lipinski definition) is 1. The minimum Gasteiger partial charge on any atom is -0.376 e. The van der Waals surface area contributed by atoms with Gasteiger partial charge in [-0.3, -0.25) is 0 Å². The zero-order valence-corrected chi connectivity index (χ0v) is 12.8. The lowest BCUT2D eigenvalue weighted by molar-refractivity contribution is 0.114. The smallest absolute Gasteiger partial charge is 0.173 e. The molecular formula is C16H22N2OS. The summed E-state index contributed by atoms with van der Waals surface area (Å²) in [7, 11) is 0. The van der Waals surface area contributed by atoms with E-state index in [2.05, 4.69) is 41.4 Å². The van der Waals surface area contributed by atoms with E-state index in [9.17, 15) is 0 Å². The van der Waals surface area contributed by atoms with Crippen molar-refractivity contribution in [1.29, 1.82) is 0 Å². The van der Waals surface area contributed by atoms with Crippen LogP contribution in [0.2, 0.25) is 0 Å². The summed E-state index contributed by atoms with van der Waals surface area (Å²) in [5, 5.41) is 4.23. The Morgan fingerprint density at radius 2 is 2.25 bits per heavy atom. The normalized spacial score (nSPS) is 25.4. The first-order valence-electron chi connectivity index (χ1n) is 7.52. The second-order valence-electron chi connectivity index (χ2n) is 5.71. The monoisotopic (exact) mass is 290 g/mol. The molecule has 20 heavy (non-hydrogen) atoms. The zero-order chi connectivity index (χ0) is 13.9. The van der Waals surface area contributed by atoms with E-state index >= 15 is 0 Å². The van der Waals surface area contributed by atoms with Gasteiger partial charge in [-0.1, -0.05) is 18.2 Å². The fourth-order valence-electron chi connectivity index (χ4n) is 3.09. The first-order chi connectivity index (χ1) is 9.75. The molecule has 2 heterocycles. The third-order valence-electron chi connectivity index (χ3n) is 4.25. The van der Waals surface area contributed by atoms with Gasteiger partial charge in [0.2, 0.25) is 0 Å². The Morgan fingerprint density at radius 1 is 1.40 bits per heavy atom. The van der Waals surface area contributed by atoms with Crippen molar-refractivity contribution >= 4 is 23.0 Å². The van der Waals surface area contributed by atoms with Gasteiger partial charge in [0.1, 0.15) is 0 Å². The number of aryl methyl sites for hydroxylation is 1. The fourth-order valence-corrected chi connectivity index (χ4v) is 3.45. The third-order valence-corrected chi connectivity index (χ3v) is 4.59. The average molecular weight is 290 g/mol. The SMILES string of the molecule is C[C@H]1CCc2ccccc2N1C(=S)NC[C@H]1CCCO1. The zero-order valence-electron chi connectivity index (χ0n) is 12.0. The predicted molar refractivity (Wildman–Crippen MR) is 86.3 cm³/mol. The molecule has 0 amide bonds. The molecule has 108 valence electrons. The molecule has 3 rings (SSSR count). The number of rotatable bonds is 2. The largest absolute Gasteiger partial charge is 0.376 e. The van der Waals surface area contributed by atoms with Crippen molar-refractivity contribution in [2.45, 2.75) is 44.8 Å². The molecule has 2 aliphatic rings. The maximum atomic E-state index is 5.65. The highest BCUT2D eigenvalue weighted by Gasteiger charge is 2.26. The highest BCUT2D eigenvalue weighted by molar-refractivity contribution is 7.80. The summed E-state index contributed by atoms with van der Waals surface area (Å²) in [6.45, 7) is 3.96. The summed E-state index contributed by atoms with van der Waals surface area (Å²) in [4.78, 5) is 2.27. The molecule has 0 bridgehead atoms. The first-order valence-corrected chi connectivity index (χ1v) is 7.93. The molecule has 0 radical (unpaired) electrons. The van der Waals surface area contributed by atoms with Gasteiger partial charge in [-0.15, -0.1) is 0 Å². The van der Waals surface area contributed by atoms with Crippen LogP contribution in [0.25, 0.3) is 0 Å². The van der Waals surface area contributed by atoms with Crippen LogP contribution in [0.3, 0.4) is 0 Å². The number of nitrogens with one attached hydrogen (secondary N) is 1. The van der Waals surface area contributed by atoms with Crippen molar-refractivity contribution in [3.63, 3.8) is 0 Å². The van der Waals surface area contributed by atoms with Crippen LogP contribution in [0, 0.1) is 0 Å². The van der Waals surface area contributed by atoms with E-state index in [4.69, 9.17) is 17.0 Å². The van der Waals surface area contributed by atoms with Crippen LogP contribution in [0.15, 0.2) is 24.3 Å². The van der Waals surface area contributed by atoms with Crippen molar-refractivity contribution in [2.24, 2.45) is 0 Å². The molecule has 1 N–H and O–H groups in total. The highest BCUT2D eigenvalue weighted by Crippen LogP contribution is 2.30. The molecule has 2 aliphatic heterocycles. The summed E-state index contributed by atoms with van der Waals surface area (Å²) >= 11 is 5.62. The Bertz CT molecular complexity index is 485. The molecule has 0 aliphatic carbocycles. The van der Waals surface area contributed by atoms with Gasteiger partial charge >= 0.3 is 0 Å². The van der Waals surface area contributed by atoms with Crippen LogP contribution in [0.1, 0.15) is 31.7 Å². The molecular weight excluding hydrogens is 268 g/mol. The summed E-state index contributed by atoms with van der Waals surface area (Å²) in [5.74, 6) is 0. The lowest BCUT2D eigenvalue weighted by Gasteiger charge is -2.37. The molecule has 1 aromatic rings. The van der Waals surface area contributed by atoms with Crippen molar-refractivity contribution < 1.29 is 4.74 Å². The van der Waals surface area contributed by atoms with Crippen molar-refractivity contribution in [2.75, 3.05) is 18.1 Å². The Balaban J connectivity index is 1.69. The highest BCUT2D eigenvalue weighted by atomic mass is 32.1. The third kappa shape index (κ3) is 2.81. The van der Waals surface area contributed by atoms with E-state index in [1.165, 1.54) is 17.7 Å². The summed E-state index contributed by atoms with van der Waals surface area (Å²) < 4.78 is 5.65. The van der Waals surface area contributed by atoms with Crippen LogP contribution in [-0.4, -0.2) is 30.4 Å². The maximum Gasteiger partial charge on any atom is 0.173 e. The second kappa shape index (κ2) is 6.10. The molecule has 1 aromatic carbocycles. The molecule has 0 saturated carbocycles. The number of fused-ring (bicyclic) bond motifs is 1. The fraction of sp³-hybridized carbons (Fsp3) is 0.562. The molecule has 0 unspecified atom stereocenters. The van der Waals surface area contributed by atoms with Crippen molar-refractivity contribution in [1.82, 2.24) is 5.32 Å². The Kier molecular flexibility index (Phi) is 4.22. The van der Waals surface area contributed by atoms with E-state index in [0.29, 0.717) is 12.1 Å². The van der Waals surface area contributed by atoms with Gasteiger partial charge < -0.3 is 15.0 Å². The number of anilines is 1. The lowest BCUT2D eigenvalue weighted by atomic mass is 9.97. The van der Waals surface area contributed by atoms with Crippen molar-refractivity contribution in [3.05, 3.63) is 29.8 Å². The molecule has 1 saturated heterocycles. The van der Waals surface area contributed by atoms with Gasteiger partial charge in [-0.05, 0) is 56.5 Å². The number of para-hydroxylation sites is 1. The van der Waals surface area contributed by atoms with Gasteiger partial charge in [-0.2, -0.15) is 0 Å². The molecule has 0 spiro atoms. The van der Waals surface area contributed by atoms with E-state index in [1.807, 2.05) is 0 Å². The predicted octanol–water partition coefficient (Wildman–Crippen LogP) is 2.88. The van der Waals surface area contributed by atoms with E-state index in [-0.39, 0.29) is 0 Å². The van der Waals surface area contributed by atoms with Crippen LogP contribution < -0.4 is 10.2 Å². The minimum absolute atomic E-state index is 0.322. The van der Waals surface area contributed by atoms with Gasteiger partial charge in [-0.25, -0.2) is 0 Å². The van der Waals surface area contributed by atoms with Gasteiger partial charge in [0.15, 0.2) is 5.11 Å². The number of nitrogens with zero attached hydrogens (tertiary/aromatic N) is 1. The number of hydrogen-bond acceptors (Lipinski definition) is 2. The summed E-state index contributed by atoms with van der Waals surface area (Å²) in [5.41, 5.74) is 2.66. The Hall–Kier alpha value is -1.13. The van der Waals surface area contributed by atoms with Crippen LogP contribution in [0.4, 0.5) is 5.69 Å². The maximum absolute atomic E-state index is 5.65. The Labute approximate surface area is 126 Å². The standard InChI is InChI=1S/C16H22N2OS/c1-12-8-9-13-5-2-3-7-15(13)18(12)16(20)17-11-14-6-4-10-19-14/h2-3,5,7,12,14H,4,6,8-11H2,1H3,(H,17,20)/t12-,14+/m0/s1. The molecule has 2 atom stereocenters. The van der Waals surface area contributed by atoms with Gasteiger partial charge in [0.05, 0.1) is 6.10 Å². The van der Waals surface area contributed by atoms with Gasteiger partial charge in [0, 0.05) is 24.9 Å². The van der Waals surface area contributed by atoms with E-state index < -0.39 is 0 Å². The molecule has 0 aromatic heterocycles. The minimum atomic E-state index is 0.322. The first kappa shape index (κ1) is 13.8. The molecule has 3 nitrogen and oxygen atoms in total. The lowest BCUT2D eigenvalue weighted by Crippen LogP contribution is -2.49. The quantitative estimate of drug-likeness (QED) is 0.847. The summed E-state index contributed by atoms with van der Waals surface area (Å²) in [6.07, 6.45) is 4.92. The van der Waals surface area contributed by atoms with E-state index in [0.717, 1.165) is 37.5 Å². The number of benzene rings is 1.